The van der Waals surface area contributed by atoms with Crippen LogP contribution in [0.4, 0.5) is 17.1 Å². The molecule has 0 saturated carbocycles. The Balaban J connectivity index is 2.15. The number of benzene rings is 2. The third-order valence-corrected chi connectivity index (χ3v) is 3.19. The second kappa shape index (κ2) is 7.18. The van der Waals surface area contributed by atoms with Gasteiger partial charge in [0.15, 0.2) is 0 Å². The Hall–Kier alpha value is -3.49. The Morgan fingerprint density at radius 1 is 1.08 bits per heavy atom. The molecule has 9 nitrogen and oxygen atoms in total. The first-order valence-corrected chi connectivity index (χ1v) is 6.76. The number of anilines is 1. The molecule has 0 aliphatic rings. The highest BCUT2D eigenvalue weighted by Gasteiger charge is 2.20. The Kier molecular flexibility index (Phi) is 5.05. The van der Waals surface area contributed by atoms with Gasteiger partial charge in [0.25, 0.3) is 11.4 Å². The smallest absolute Gasteiger partial charge is 0.299 e. The van der Waals surface area contributed by atoms with E-state index in [9.17, 15) is 25.0 Å². The summed E-state index contributed by atoms with van der Waals surface area (Å²) in [6.45, 7) is 0. The first-order valence-electron chi connectivity index (χ1n) is 6.76. The SMILES string of the molecule is COc1ccc(CC(=O)Nc2ccc([N+](=O)[O-])cc2[N+](=O)[O-])cc1. The first kappa shape index (κ1) is 16.9. The van der Waals surface area contributed by atoms with Crippen molar-refractivity contribution in [1.82, 2.24) is 0 Å². The monoisotopic (exact) mass is 331 g/mol. The van der Waals surface area contributed by atoms with E-state index in [0.29, 0.717) is 11.3 Å². The molecule has 24 heavy (non-hydrogen) atoms. The molecule has 2 aromatic rings. The van der Waals surface area contributed by atoms with Gasteiger partial charge >= 0.3 is 0 Å². The number of hydrogen-bond acceptors (Lipinski definition) is 6. The van der Waals surface area contributed by atoms with Gasteiger partial charge in [-0.2, -0.15) is 0 Å². The summed E-state index contributed by atoms with van der Waals surface area (Å²) in [4.78, 5) is 32.2. The van der Waals surface area contributed by atoms with E-state index >= 15 is 0 Å². The number of non-ortho nitro benzene ring substituents is 1. The lowest BCUT2D eigenvalue weighted by Gasteiger charge is -2.07. The van der Waals surface area contributed by atoms with E-state index in [1.54, 1.807) is 24.3 Å². The van der Waals surface area contributed by atoms with E-state index in [-0.39, 0.29) is 12.1 Å². The third-order valence-electron chi connectivity index (χ3n) is 3.19. The zero-order valence-electron chi connectivity index (χ0n) is 12.6. The molecule has 2 aromatic carbocycles. The van der Waals surface area contributed by atoms with Gasteiger partial charge in [-0.25, -0.2) is 0 Å². The van der Waals surface area contributed by atoms with Crippen LogP contribution in [0.25, 0.3) is 0 Å². The molecule has 0 bridgehead atoms. The lowest BCUT2D eigenvalue weighted by atomic mass is 10.1. The molecule has 0 aliphatic carbocycles. The predicted molar refractivity (Wildman–Crippen MR) is 85.1 cm³/mol. The number of hydrogen-bond donors (Lipinski definition) is 1. The Morgan fingerprint density at radius 3 is 2.29 bits per heavy atom. The van der Waals surface area contributed by atoms with Crippen molar-refractivity contribution in [2.75, 3.05) is 12.4 Å². The molecule has 0 saturated heterocycles. The number of ether oxygens (including phenoxy) is 1. The third kappa shape index (κ3) is 4.03. The minimum atomic E-state index is -0.782. The van der Waals surface area contributed by atoms with Crippen LogP contribution < -0.4 is 10.1 Å². The fourth-order valence-electron chi connectivity index (χ4n) is 2.01. The molecule has 1 N–H and O–H groups in total. The molecule has 0 fully saturated rings. The fraction of sp³-hybridized carbons (Fsp3) is 0.133. The maximum atomic E-state index is 12.0. The number of nitrogens with zero attached hydrogens (tertiary/aromatic N) is 2. The molecular formula is C15H13N3O6. The topological polar surface area (TPSA) is 125 Å². The molecule has 124 valence electrons. The van der Waals surface area contributed by atoms with Gasteiger partial charge in [0.1, 0.15) is 11.4 Å². The number of carbonyl (C=O) groups is 1. The lowest BCUT2D eigenvalue weighted by Crippen LogP contribution is -2.15. The molecule has 0 aliphatic heterocycles. The van der Waals surface area contributed by atoms with Crippen LogP contribution in [-0.4, -0.2) is 22.9 Å². The van der Waals surface area contributed by atoms with Crippen molar-refractivity contribution in [1.29, 1.82) is 0 Å². The van der Waals surface area contributed by atoms with Crippen LogP contribution >= 0.6 is 0 Å². The number of nitrogens with one attached hydrogen (secondary N) is 1. The number of rotatable bonds is 6. The molecule has 0 aromatic heterocycles. The summed E-state index contributed by atoms with van der Waals surface area (Å²) in [5.74, 6) is 0.169. The largest absolute Gasteiger partial charge is 0.497 e. The molecule has 9 heteroatoms. The second-order valence-electron chi connectivity index (χ2n) is 4.79. The van der Waals surface area contributed by atoms with Crippen LogP contribution in [-0.2, 0) is 11.2 Å². The van der Waals surface area contributed by atoms with E-state index in [0.717, 1.165) is 18.2 Å². The highest BCUT2D eigenvalue weighted by Crippen LogP contribution is 2.29. The molecule has 0 spiro atoms. The summed E-state index contributed by atoms with van der Waals surface area (Å²) in [5, 5.41) is 24.1. The van der Waals surface area contributed by atoms with Gasteiger partial charge in [-0.3, -0.25) is 25.0 Å². The van der Waals surface area contributed by atoms with Crippen LogP contribution in [0.1, 0.15) is 5.56 Å². The van der Waals surface area contributed by atoms with Crippen molar-refractivity contribution in [3.05, 3.63) is 68.3 Å². The standard InChI is InChI=1S/C15H13N3O6/c1-24-12-5-2-10(3-6-12)8-15(19)16-13-7-4-11(17(20)21)9-14(13)18(22)23/h2-7,9H,8H2,1H3,(H,16,19). The molecule has 0 radical (unpaired) electrons. The Morgan fingerprint density at radius 2 is 1.75 bits per heavy atom. The Bertz CT molecular complexity index is 788. The molecule has 0 atom stereocenters. The number of carbonyl (C=O) groups excluding carboxylic acids is 1. The summed E-state index contributed by atoms with van der Waals surface area (Å²) in [6.07, 6.45) is -0.00185. The van der Waals surface area contributed by atoms with Gasteiger partial charge < -0.3 is 10.1 Å². The maximum Gasteiger partial charge on any atom is 0.299 e. The lowest BCUT2D eigenvalue weighted by molar-refractivity contribution is -0.393. The van der Waals surface area contributed by atoms with Crippen molar-refractivity contribution < 1.29 is 19.4 Å². The average Bonchev–Trinajstić information content (AvgIpc) is 2.55. The first-order chi connectivity index (χ1) is 11.4. The van der Waals surface area contributed by atoms with Crippen molar-refractivity contribution in [2.45, 2.75) is 6.42 Å². The van der Waals surface area contributed by atoms with Crippen molar-refractivity contribution in [2.24, 2.45) is 0 Å². The summed E-state index contributed by atoms with van der Waals surface area (Å²) in [7, 11) is 1.52. The second-order valence-corrected chi connectivity index (χ2v) is 4.79. The number of methoxy groups -OCH3 is 1. The number of nitro benzene ring substituents is 2. The van der Waals surface area contributed by atoms with Crippen LogP contribution in [0.15, 0.2) is 42.5 Å². The molecule has 0 unspecified atom stereocenters. The zero-order valence-corrected chi connectivity index (χ0v) is 12.6. The highest BCUT2D eigenvalue weighted by atomic mass is 16.6. The summed E-state index contributed by atoms with van der Waals surface area (Å²) in [6, 6.07) is 9.82. The van der Waals surface area contributed by atoms with Gasteiger partial charge in [-0.05, 0) is 23.8 Å². The summed E-state index contributed by atoms with van der Waals surface area (Å²) in [5.41, 5.74) is -0.357. The maximum absolute atomic E-state index is 12.0. The molecule has 2 rings (SSSR count). The van der Waals surface area contributed by atoms with E-state index in [4.69, 9.17) is 4.74 Å². The fourth-order valence-corrected chi connectivity index (χ4v) is 2.01. The van der Waals surface area contributed by atoms with Gasteiger partial charge in [0, 0.05) is 6.07 Å². The minimum absolute atomic E-state index is 0.00185. The van der Waals surface area contributed by atoms with Crippen LogP contribution in [0.3, 0.4) is 0 Å². The normalized spacial score (nSPS) is 10.0. The van der Waals surface area contributed by atoms with Gasteiger partial charge in [-0.1, -0.05) is 12.1 Å². The van der Waals surface area contributed by atoms with Crippen LogP contribution in [0.5, 0.6) is 5.75 Å². The highest BCUT2D eigenvalue weighted by molar-refractivity contribution is 5.94. The quantitative estimate of drug-likeness (QED) is 0.641. The van der Waals surface area contributed by atoms with E-state index in [2.05, 4.69) is 5.32 Å². The zero-order chi connectivity index (χ0) is 17.7. The number of amides is 1. The van der Waals surface area contributed by atoms with Gasteiger partial charge in [0.05, 0.1) is 29.4 Å². The minimum Gasteiger partial charge on any atom is -0.497 e. The molecular weight excluding hydrogens is 318 g/mol. The van der Waals surface area contributed by atoms with E-state index in [1.165, 1.54) is 7.11 Å². The van der Waals surface area contributed by atoms with Gasteiger partial charge in [0.2, 0.25) is 5.91 Å². The predicted octanol–water partition coefficient (Wildman–Crippen LogP) is 2.69. The summed E-state index contributed by atoms with van der Waals surface area (Å²) >= 11 is 0. The average molecular weight is 331 g/mol. The van der Waals surface area contributed by atoms with Crippen molar-refractivity contribution in [3.63, 3.8) is 0 Å². The van der Waals surface area contributed by atoms with E-state index in [1.807, 2.05) is 0 Å². The van der Waals surface area contributed by atoms with Gasteiger partial charge in [-0.15, -0.1) is 0 Å². The van der Waals surface area contributed by atoms with Crippen LogP contribution in [0.2, 0.25) is 0 Å². The molecule has 1 amide bonds. The summed E-state index contributed by atoms with van der Waals surface area (Å²) < 4.78 is 5.01. The van der Waals surface area contributed by atoms with E-state index < -0.39 is 27.1 Å². The molecule has 0 heterocycles. The number of nitro groups is 2. The van der Waals surface area contributed by atoms with Crippen molar-refractivity contribution in [3.8, 4) is 5.75 Å². The van der Waals surface area contributed by atoms with Crippen molar-refractivity contribution >= 4 is 23.0 Å². The Labute approximate surface area is 136 Å². The van der Waals surface area contributed by atoms with Crippen LogP contribution in [0, 0.1) is 20.2 Å².